The second-order valence-electron chi connectivity index (χ2n) is 4.86. The van der Waals surface area contributed by atoms with E-state index < -0.39 is 0 Å². The number of hydrogen-bond acceptors (Lipinski definition) is 1. The van der Waals surface area contributed by atoms with Gasteiger partial charge in [-0.1, -0.05) is 0 Å². The van der Waals surface area contributed by atoms with Gasteiger partial charge < -0.3 is 0 Å². The van der Waals surface area contributed by atoms with Crippen LogP contribution in [0, 0.1) is 0 Å². The fraction of sp³-hybridized carbons (Fsp3) is 0.0556. The molecule has 1 aromatic heterocycles. The van der Waals surface area contributed by atoms with Crippen LogP contribution in [-0.2, 0) is 15.2 Å². The van der Waals surface area contributed by atoms with Gasteiger partial charge in [0.2, 0.25) is 0 Å². The van der Waals surface area contributed by atoms with Gasteiger partial charge in [-0.3, -0.25) is 0 Å². The van der Waals surface area contributed by atoms with Crippen LogP contribution < -0.4 is 4.43 Å². The molecule has 0 aliphatic heterocycles. The first-order chi connectivity index (χ1) is 9.92. The van der Waals surface area contributed by atoms with Crippen molar-refractivity contribution in [3.8, 4) is 0 Å². The molecular weight excluding hydrogens is 353 g/mol. The summed E-state index contributed by atoms with van der Waals surface area (Å²) in [5.74, 6) is 0. The van der Waals surface area contributed by atoms with Crippen LogP contribution in [-0.4, -0.2) is 4.98 Å². The Hall–Kier alpha value is -1.30. The van der Waals surface area contributed by atoms with Crippen LogP contribution in [0.15, 0.2) is 66.9 Å². The van der Waals surface area contributed by atoms with Gasteiger partial charge in [0.05, 0.1) is 0 Å². The number of fused-ring (bicyclic) bond motifs is 2. The second-order valence-corrected chi connectivity index (χ2v) is 6.71. The molecule has 0 bridgehead atoms. The average molecular weight is 368 g/mol. The number of rotatable bonds is 2. The minimum absolute atomic E-state index is 0. The maximum Gasteiger partial charge on any atom is -0.147 e. The Morgan fingerprint density at radius 1 is 0.864 bits per heavy atom. The molecule has 0 saturated carbocycles. The van der Waals surface area contributed by atoms with E-state index in [2.05, 4.69) is 65.7 Å². The van der Waals surface area contributed by atoms with Gasteiger partial charge in [-0.25, -0.2) is 0 Å². The molecule has 112 valence electrons. The molecule has 0 radical (unpaired) electrons. The van der Waals surface area contributed by atoms with Crippen LogP contribution in [0.1, 0.15) is 15.9 Å². The van der Waals surface area contributed by atoms with Crippen molar-refractivity contribution >= 4 is 46.2 Å². The van der Waals surface area contributed by atoms with E-state index in [4.69, 9.17) is 0 Å². The smallest absolute Gasteiger partial charge is 0.147 e. The topological polar surface area (TPSA) is 12.9 Å². The molecule has 0 fully saturated rings. The zero-order chi connectivity index (χ0) is 13.4. The van der Waals surface area contributed by atoms with E-state index in [1.807, 2.05) is 12.3 Å². The molecule has 1 aliphatic rings. The summed E-state index contributed by atoms with van der Waals surface area (Å²) in [7, 11) is 0. The maximum absolute atomic E-state index is 4.57. The number of nitrogens with zero attached hydrogens (tertiary/aromatic N) is 1. The molecule has 4 rings (SSSR count). The summed E-state index contributed by atoms with van der Waals surface area (Å²) in [6, 6.07) is 19.3. The molecule has 22 heavy (non-hydrogen) atoms. The van der Waals surface area contributed by atoms with Gasteiger partial charge in [-0.2, -0.15) is 0 Å². The summed E-state index contributed by atoms with van der Waals surface area (Å²) >= 11 is 0.372. The minimum atomic E-state index is 0. The molecule has 1 aliphatic carbocycles. The monoisotopic (exact) mass is 367 g/mol. The second kappa shape index (κ2) is 7.31. The first kappa shape index (κ1) is 17.1. The molecule has 0 saturated heterocycles. The molecule has 2 aromatic carbocycles. The van der Waals surface area contributed by atoms with Crippen molar-refractivity contribution in [2.45, 2.75) is 4.78 Å². The minimum Gasteiger partial charge on any atom is -0.147 e. The predicted molar refractivity (Wildman–Crippen MR) is 94.1 cm³/mol. The van der Waals surface area contributed by atoms with Crippen LogP contribution >= 0.6 is 24.8 Å². The van der Waals surface area contributed by atoms with Crippen molar-refractivity contribution < 1.29 is 15.2 Å². The predicted octanol–water partition coefficient (Wildman–Crippen LogP) is 4.55. The maximum atomic E-state index is 4.57. The standard InChI is InChI=1S/C9H6N.C9H7.2ClH.Cr/c1-2-6-9-8(4-1)5-3-7-10-9;1-2-5-9-7-3-6-8(9)4-1;;;/h1-5,7H;1-7H;2*1H;. The molecule has 4 heteroatoms. The van der Waals surface area contributed by atoms with E-state index >= 15 is 0 Å². The van der Waals surface area contributed by atoms with Gasteiger partial charge in [0, 0.05) is 0 Å². The van der Waals surface area contributed by atoms with E-state index in [-0.39, 0.29) is 24.8 Å². The third kappa shape index (κ3) is 3.07. The molecule has 0 N–H and O–H groups in total. The van der Waals surface area contributed by atoms with Crippen molar-refractivity contribution in [1.82, 2.24) is 4.98 Å². The largest absolute Gasteiger partial charge is 0.147 e. The summed E-state index contributed by atoms with van der Waals surface area (Å²) in [6.07, 6.45) is 6.48. The van der Waals surface area contributed by atoms with Crippen LogP contribution in [0.2, 0.25) is 0 Å². The molecule has 0 spiro atoms. The van der Waals surface area contributed by atoms with Crippen molar-refractivity contribution in [2.75, 3.05) is 0 Å². The van der Waals surface area contributed by atoms with Gasteiger partial charge in [0.1, 0.15) is 0 Å². The number of benzene rings is 2. The summed E-state index contributed by atoms with van der Waals surface area (Å²) in [5.41, 5.74) is 3.99. The molecule has 1 heterocycles. The van der Waals surface area contributed by atoms with Gasteiger partial charge in [0.15, 0.2) is 0 Å². The summed E-state index contributed by atoms with van der Waals surface area (Å²) in [5, 5.41) is 1.24. The van der Waals surface area contributed by atoms with Gasteiger partial charge >= 0.3 is 124 Å². The number of aromatic nitrogens is 1. The van der Waals surface area contributed by atoms with E-state index in [1.165, 1.54) is 20.9 Å². The van der Waals surface area contributed by atoms with Crippen LogP contribution in [0.3, 0.4) is 0 Å². The van der Waals surface area contributed by atoms with E-state index in [9.17, 15) is 0 Å². The Balaban J connectivity index is 0.000000882. The first-order valence-corrected chi connectivity index (χ1v) is 8.07. The molecule has 3 aromatic rings. The number of para-hydroxylation sites is 1. The quantitative estimate of drug-likeness (QED) is 0.647. The fourth-order valence-electron chi connectivity index (χ4n) is 2.63. The van der Waals surface area contributed by atoms with E-state index in [0.717, 1.165) is 5.52 Å². The molecule has 1 nitrogen and oxygen atoms in total. The average Bonchev–Trinajstić information content (AvgIpc) is 2.91. The molecule has 1 unspecified atom stereocenters. The Morgan fingerprint density at radius 3 is 2.59 bits per heavy atom. The van der Waals surface area contributed by atoms with Gasteiger partial charge in [-0.05, 0) is 0 Å². The third-order valence-corrected chi connectivity index (χ3v) is 5.55. The van der Waals surface area contributed by atoms with E-state index in [0.29, 0.717) is 20.0 Å². The van der Waals surface area contributed by atoms with Crippen molar-refractivity contribution in [2.24, 2.45) is 0 Å². The number of halogens is 2. The third-order valence-electron chi connectivity index (χ3n) is 3.60. The number of hydrogen-bond donors (Lipinski definition) is 0. The molecular formula is C18H15Cl2CrN. The number of allylic oxidation sites excluding steroid dienone is 1. The van der Waals surface area contributed by atoms with Crippen molar-refractivity contribution in [1.29, 1.82) is 0 Å². The zero-order valence-corrected chi connectivity index (χ0v) is 14.6. The summed E-state index contributed by atoms with van der Waals surface area (Å²) < 4.78 is 1.92. The number of pyridine rings is 1. The Morgan fingerprint density at radius 2 is 1.68 bits per heavy atom. The zero-order valence-electron chi connectivity index (χ0n) is 11.7. The Bertz CT molecular complexity index is 812. The van der Waals surface area contributed by atoms with Gasteiger partial charge in [-0.15, -0.1) is 24.8 Å². The van der Waals surface area contributed by atoms with Crippen LogP contribution in [0.4, 0.5) is 0 Å². The van der Waals surface area contributed by atoms with Crippen molar-refractivity contribution in [3.05, 3.63) is 78.0 Å². The van der Waals surface area contributed by atoms with Crippen LogP contribution in [0.25, 0.3) is 17.0 Å². The fourth-order valence-corrected chi connectivity index (χ4v) is 4.52. The molecule has 1 atom stereocenters. The summed E-state index contributed by atoms with van der Waals surface area (Å²) in [4.78, 5) is 4.57. The first-order valence-electron chi connectivity index (χ1n) is 6.69. The van der Waals surface area contributed by atoms with Crippen LogP contribution in [0.5, 0.6) is 0 Å². The SMILES string of the molecule is C1=C[CH]([Cr][c]2cccc3cccnc23)c2ccccc21.Cl.Cl. The molecule has 0 amide bonds. The normalized spacial score (nSPS) is 15.0. The summed E-state index contributed by atoms with van der Waals surface area (Å²) in [6.45, 7) is 0. The van der Waals surface area contributed by atoms with Crippen molar-refractivity contribution in [3.63, 3.8) is 0 Å². The Kier molecular flexibility index (Phi) is 5.67. The van der Waals surface area contributed by atoms with Gasteiger partial charge in [0.25, 0.3) is 0 Å². The Labute approximate surface area is 149 Å². The van der Waals surface area contributed by atoms with E-state index in [1.54, 1.807) is 0 Å².